The number of thioether (sulfide) groups is 1. The molecule has 0 spiro atoms. The molecule has 0 aliphatic carbocycles. The van der Waals surface area contributed by atoms with Gasteiger partial charge in [0.15, 0.2) is 4.34 Å². The summed E-state index contributed by atoms with van der Waals surface area (Å²) in [5, 5.41) is 14.6. The van der Waals surface area contributed by atoms with Crippen LogP contribution in [0.2, 0.25) is 0 Å². The lowest BCUT2D eigenvalue weighted by Crippen LogP contribution is -2.24. The highest BCUT2D eigenvalue weighted by Gasteiger charge is 2.18. The van der Waals surface area contributed by atoms with Gasteiger partial charge >= 0.3 is 0 Å². The molecule has 1 amide bonds. The number of amides is 1. The van der Waals surface area contributed by atoms with E-state index in [0.717, 1.165) is 16.6 Å². The van der Waals surface area contributed by atoms with Crippen LogP contribution in [-0.2, 0) is 4.79 Å². The molecular formula is C12H17N5OS2. The average molecular weight is 311 g/mol. The lowest BCUT2D eigenvalue weighted by atomic mass is 10.3. The Morgan fingerprint density at radius 1 is 1.55 bits per heavy atom. The van der Waals surface area contributed by atoms with E-state index in [0.29, 0.717) is 0 Å². The molecule has 0 saturated heterocycles. The van der Waals surface area contributed by atoms with Gasteiger partial charge in [0.1, 0.15) is 11.3 Å². The predicted molar refractivity (Wildman–Crippen MR) is 81.1 cm³/mol. The maximum atomic E-state index is 12.2. The largest absolute Gasteiger partial charge is 0.310 e. The molecule has 0 aliphatic heterocycles. The van der Waals surface area contributed by atoms with E-state index in [2.05, 4.69) is 34.5 Å². The van der Waals surface area contributed by atoms with Gasteiger partial charge in [0.2, 0.25) is 5.91 Å². The zero-order valence-corrected chi connectivity index (χ0v) is 13.2. The topological polar surface area (TPSA) is 72.7 Å². The fourth-order valence-corrected chi connectivity index (χ4v) is 3.21. The van der Waals surface area contributed by atoms with Gasteiger partial charge in [0.05, 0.1) is 17.5 Å². The van der Waals surface area contributed by atoms with Gasteiger partial charge in [-0.15, -0.1) is 10.2 Å². The second kappa shape index (κ2) is 6.85. The maximum Gasteiger partial charge on any atom is 0.238 e. The fraction of sp³-hybridized carbons (Fsp3) is 0.500. The standard InChI is InChI=1S/C12H17N5OS2/c1-4-8(2)17-10(5-6-14-17)15-11(18)9(3)20-12-16-13-7-19-12/h5-9H,4H2,1-3H3,(H,15,18). The Morgan fingerprint density at radius 2 is 2.35 bits per heavy atom. The van der Waals surface area contributed by atoms with E-state index in [9.17, 15) is 4.79 Å². The SMILES string of the molecule is CCC(C)n1nccc1NC(=O)C(C)Sc1nncs1. The van der Waals surface area contributed by atoms with E-state index in [1.807, 2.05) is 17.7 Å². The van der Waals surface area contributed by atoms with E-state index in [-0.39, 0.29) is 17.2 Å². The zero-order valence-electron chi connectivity index (χ0n) is 11.6. The molecule has 20 heavy (non-hydrogen) atoms. The molecule has 0 saturated carbocycles. The van der Waals surface area contributed by atoms with E-state index < -0.39 is 0 Å². The van der Waals surface area contributed by atoms with Gasteiger partial charge in [-0.25, -0.2) is 4.68 Å². The first-order valence-electron chi connectivity index (χ1n) is 6.39. The van der Waals surface area contributed by atoms with Crippen LogP contribution in [0.15, 0.2) is 22.1 Å². The number of carbonyl (C=O) groups excluding carboxylic acids is 1. The molecule has 2 unspecified atom stereocenters. The number of aromatic nitrogens is 4. The third-order valence-electron chi connectivity index (χ3n) is 2.92. The van der Waals surface area contributed by atoms with Gasteiger partial charge in [0, 0.05) is 6.07 Å². The molecule has 0 aromatic carbocycles. The molecule has 0 fully saturated rings. The van der Waals surface area contributed by atoms with Crippen molar-refractivity contribution in [1.29, 1.82) is 0 Å². The minimum absolute atomic E-state index is 0.0600. The van der Waals surface area contributed by atoms with Crippen molar-refractivity contribution in [2.75, 3.05) is 5.32 Å². The van der Waals surface area contributed by atoms with Gasteiger partial charge in [-0.05, 0) is 20.3 Å². The summed E-state index contributed by atoms with van der Waals surface area (Å²) in [6.07, 6.45) is 2.66. The van der Waals surface area contributed by atoms with Crippen LogP contribution in [-0.4, -0.2) is 31.1 Å². The quantitative estimate of drug-likeness (QED) is 0.830. The first-order valence-corrected chi connectivity index (χ1v) is 8.15. The van der Waals surface area contributed by atoms with Crippen molar-refractivity contribution >= 4 is 34.8 Å². The average Bonchev–Trinajstić information content (AvgIpc) is 3.09. The normalized spacial score (nSPS) is 13.9. The lowest BCUT2D eigenvalue weighted by Gasteiger charge is -2.15. The Hall–Kier alpha value is -1.41. The summed E-state index contributed by atoms with van der Waals surface area (Å²) < 4.78 is 2.63. The number of nitrogens with one attached hydrogen (secondary N) is 1. The van der Waals surface area contributed by atoms with E-state index >= 15 is 0 Å². The third kappa shape index (κ3) is 3.57. The summed E-state index contributed by atoms with van der Waals surface area (Å²) in [4.78, 5) is 12.2. The molecular weight excluding hydrogens is 294 g/mol. The predicted octanol–water partition coefficient (Wildman–Crippen LogP) is 2.82. The number of carbonyl (C=O) groups is 1. The van der Waals surface area contributed by atoms with Crippen molar-refractivity contribution in [1.82, 2.24) is 20.0 Å². The van der Waals surface area contributed by atoms with Crippen molar-refractivity contribution in [3.63, 3.8) is 0 Å². The highest BCUT2D eigenvalue weighted by atomic mass is 32.2. The number of rotatable bonds is 6. The van der Waals surface area contributed by atoms with Gasteiger partial charge in [0.25, 0.3) is 0 Å². The highest BCUT2D eigenvalue weighted by molar-refractivity contribution is 8.02. The Balaban J connectivity index is 1.99. The molecule has 1 N–H and O–H groups in total. The molecule has 2 aromatic heterocycles. The molecule has 2 rings (SSSR count). The van der Waals surface area contributed by atoms with Crippen LogP contribution < -0.4 is 5.32 Å². The summed E-state index contributed by atoms with van der Waals surface area (Å²) >= 11 is 2.83. The van der Waals surface area contributed by atoms with Crippen LogP contribution in [0.1, 0.15) is 33.2 Å². The van der Waals surface area contributed by atoms with Crippen molar-refractivity contribution < 1.29 is 4.79 Å². The second-order valence-corrected chi connectivity index (χ2v) is 6.79. The molecule has 6 nitrogen and oxygen atoms in total. The second-order valence-electron chi connectivity index (χ2n) is 4.37. The summed E-state index contributed by atoms with van der Waals surface area (Å²) in [5.74, 6) is 0.671. The maximum absolute atomic E-state index is 12.2. The first kappa shape index (κ1) is 15.0. The van der Waals surface area contributed by atoms with E-state index in [1.165, 1.54) is 23.1 Å². The Bertz CT molecular complexity index is 554. The molecule has 8 heteroatoms. The van der Waals surface area contributed by atoms with Crippen LogP contribution in [0.4, 0.5) is 5.82 Å². The van der Waals surface area contributed by atoms with Crippen molar-refractivity contribution in [2.24, 2.45) is 0 Å². The Kier molecular flexibility index (Phi) is 5.13. The number of nitrogens with zero attached hydrogens (tertiary/aromatic N) is 4. The molecule has 2 aromatic rings. The van der Waals surface area contributed by atoms with Crippen molar-refractivity contribution in [2.45, 2.75) is 42.8 Å². The Labute approximate surface area is 126 Å². The summed E-state index contributed by atoms with van der Waals surface area (Å²) in [6.45, 7) is 6.01. The molecule has 2 atom stereocenters. The van der Waals surface area contributed by atoms with Crippen LogP contribution in [0, 0.1) is 0 Å². The highest BCUT2D eigenvalue weighted by Crippen LogP contribution is 2.25. The number of hydrogen-bond acceptors (Lipinski definition) is 6. The zero-order chi connectivity index (χ0) is 14.5. The van der Waals surface area contributed by atoms with Gasteiger partial charge < -0.3 is 5.32 Å². The third-order valence-corrected chi connectivity index (χ3v) is 4.83. The van der Waals surface area contributed by atoms with Crippen LogP contribution >= 0.6 is 23.1 Å². The monoisotopic (exact) mass is 311 g/mol. The van der Waals surface area contributed by atoms with Crippen LogP contribution in [0.3, 0.4) is 0 Å². The van der Waals surface area contributed by atoms with Crippen molar-refractivity contribution in [3.8, 4) is 0 Å². The minimum atomic E-state index is -0.233. The fourth-order valence-electron chi connectivity index (χ4n) is 1.58. The number of hydrogen-bond donors (Lipinski definition) is 1. The van der Waals surface area contributed by atoms with E-state index in [1.54, 1.807) is 11.7 Å². The van der Waals surface area contributed by atoms with Crippen LogP contribution in [0.5, 0.6) is 0 Å². The summed E-state index contributed by atoms with van der Waals surface area (Å²) in [5.41, 5.74) is 1.66. The molecule has 0 bridgehead atoms. The summed E-state index contributed by atoms with van der Waals surface area (Å²) in [7, 11) is 0. The lowest BCUT2D eigenvalue weighted by molar-refractivity contribution is -0.115. The molecule has 0 aliphatic rings. The van der Waals surface area contributed by atoms with Gasteiger partial charge in [-0.1, -0.05) is 30.0 Å². The van der Waals surface area contributed by atoms with Gasteiger partial charge in [-0.2, -0.15) is 5.10 Å². The van der Waals surface area contributed by atoms with Crippen molar-refractivity contribution in [3.05, 3.63) is 17.8 Å². The molecule has 108 valence electrons. The van der Waals surface area contributed by atoms with Crippen LogP contribution in [0.25, 0.3) is 0 Å². The molecule has 2 heterocycles. The smallest absolute Gasteiger partial charge is 0.238 e. The Morgan fingerprint density at radius 3 is 3.00 bits per heavy atom. The summed E-state index contributed by atoms with van der Waals surface area (Å²) in [6, 6.07) is 2.07. The minimum Gasteiger partial charge on any atom is -0.310 e. The molecule has 0 radical (unpaired) electrons. The van der Waals surface area contributed by atoms with Gasteiger partial charge in [-0.3, -0.25) is 4.79 Å². The first-order chi connectivity index (χ1) is 9.61. The number of anilines is 1. The van der Waals surface area contributed by atoms with E-state index in [4.69, 9.17) is 0 Å².